The van der Waals surface area contributed by atoms with Crippen LogP contribution < -0.4 is 5.32 Å². The van der Waals surface area contributed by atoms with Crippen LogP contribution in [0.5, 0.6) is 0 Å². The van der Waals surface area contributed by atoms with Crippen LogP contribution in [-0.4, -0.2) is 34.7 Å². The van der Waals surface area contributed by atoms with Gasteiger partial charge in [-0.1, -0.05) is 13.3 Å². The Kier molecular flexibility index (Phi) is 3.66. The Hall–Kier alpha value is -1.10. The lowest BCUT2D eigenvalue weighted by Crippen LogP contribution is -2.55. The van der Waals surface area contributed by atoms with Crippen LogP contribution in [0, 0.1) is 11.8 Å². The van der Waals surface area contributed by atoms with Crippen LogP contribution in [-0.2, 0) is 9.59 Å². The van der Waals surface area contributed by atoms with Crippen molar-refractivity contribution in [2.45, 2.75) is 45.1 Å². The van der Waals surface area contributed by atoms with E-state index < -0.39 is 6.04 Å². The average Bonchev–Trinajstić information content (AvgIpc) is 2.73. The molecular formula is C12H20N2O3. The van der Waals surface area contributed by atoms with E-state index in [-0.39, 0.29) is 23.7 Å². The lowest BCUT2D eigenvalue weighted by molar-refractivity contribution is -0.193. The van der Waals surface area contributed by atoms with Gasteiger partial charge < -0.3 is 5.32 Å². The SMILES string of the molecule is CCCCNC(=O)C1C2CCC(C2)C(=O)N1O. The Labute approximate surface area is 101 Å². The number of piperidine rings is 1. The molecule has 1 saturated carbocycles. The summed E-state index contributed by atoms with van der Waals surface area (Å²) in [4.78, 5) is 23.7. The average molecular weight is 240 g/mol. The molecule has 2 amide bonds. The van der Waals surface area contributed by atoms with Crippen molar-refractivity contribution in [2.24, 2.45) is 11.8 Å². The van der Waals surface area contributed by atoms with Crippen molar-refractivity contribution < 1.29 is 14.8 Å². The molecule has 17 heavy (non-hydrogen) atoms. The number of carbonyl (C=O) groups is 2. The number of hydrogen-bond acceptors (Lipinski definition) is 3. The molecule has 2 rings (SSSR count). The van der Waals surface area contributed by atoms with Gasteiger partial charge in [-0.3, -0.25) is 14.8 Å². The molecule has 2 bridgehead atoms. The Morgan fingerprint density at radius 3 is 3.00 bits per heavy atom. The van der Waals surface area contributed by atoms with E-state index in [0.717, 1.165) is 32.1 Å². The van der Waals surface area contributed by atoms with Gasteiger partial charge in [0.05, 0.1) is 0 Å². The quantitative estimate of drug-likeness (QED) is 0.567. The fourth-order valence-corrected chi connectivity index (χ4v) is 2.87. The smallest absolute Gasteiger partial charge is 0.249 e. The van der Waals surface area contributed by atoms with Gasteiger partial charge in [0, 0.05) is 12.5 Å². The molecular weight excluding hydrogens is 220 g/mol. The Morgan fingerprint density at radius 2 is 2.29 bits per heavy atom. The fraction of sp³-hybridized carbons (Fsp3) is 0.833. The summed E-state index contributed by atoms with van der Waals surface area (Å²) < 4.78 is 0. The molecule has 96 valence electrons. The minimum atomic E-state index is -0.668. The highest BCUT2D eigenvalue weighted by Gasteiger charge is 2.48. The fourth-order valence-electron chi connectivity index (χ4n) is 2.87. The third-order valence-electron chi connectivity index (χ3n) is 3.86. The third-order valence-corrected chi connectivity index (χ3v) is 3.86. The van der Waals surface area contributed by atoms with Gasteiger partial charge >= 0.3 is 0 Å². The number of hydroxylamine groups is 2. The number of amides is 2. The van der Waals surface area contributed by atoms with Crippen molar-refractivity contribution in [1.29, 1.82) is 0 Å². The Morgan fingerprint density at radius 1 is 1.53 bits per heavy atom. The second-order valence-corrected chi connectivity index (χ2v) is 5.04. The summed E-state index contributed by atoms with van der Waals surface area (Å²) in [7, 11) is 0. The maximum atomic E-state index is 12.0. The number of nitrogens with one attached hydrogen (secondary N) is 1. The molecule has 2 fully saturated rings. The minimum Gasteiger partial charge on any atom is -0.354 e. The monoisotopic (exact) mass is 240 g/mol. The standard InChI is InChI=1S/C12H20N2O3/c1-2-3-6-13-11(15)10-8-4-5-9(7-8)12(16)14(10)17/h8-10,17H,2-7H2,1H3,(H,13,15). The highest BCUT2D eigenvalue weighted by atomic mass is 16.5. The lowest BCUT2D eigenvalue weighted by atomic mass is 9.91. The molecule has 2 aliphatic rings. The molecule has 1 aliphatic heterocycles. The van der Waals surface area contributed by atoms with Gasteiger partial charge in [-0.05, 0) is 31.6 Å². The number of carbonyl (C=O) groups excluding carboxylic acids is 2. The number of rotatable bonds is 4. The first-order valence-corrected chi connectivity index (χ1v) is 6.44. The van der Waals surface area contributed by atoms with Gasteiger partial charge in [0.15, 0.2) is 0 Å². The van der Waals surface area contributed by atoms with Crippen LogP contribution in [0.4, 0.5) is 0 Å². The van der Waals surface area contributed by atoms with Crippen molar-refractivity contribution in [3.8, 4) is 0 Å². The van der Waals surface area contributed by atoms with E-state index in [0.29, 0.717) is 11.6 Å². The van der Waals surface area contributed by atoms with E-state index in [1.165, 1.54) is 0 Å². The van der Waals surface area contributed by atoms with E-state index in [1.54, 1.807) is 0 Å². The van der Waals surface area contributed by atoms with E-state index in [9.17, 15) is 14.8 Å². The van der Waals surface area contributed by atoms with Crippen LogP contribution >= 0.6 is 0 Å². The van der Waals surface area contributed by atoms with Crippen LogP contribution in [0.25, 0.3) is 0 Å². The second-order valence-electron chi connectivity index (χ2n) is 5.04. The third kappa shape index (κ3) is 2.29. The molecule has 3 atom stereocenters. The molecule has 2 N–H and O–H groups in total. The maximum absolute atomic E-state index is 12.0. The van der Waals surface area contributed by atoms with Crippen molar-refractivity contribution in [3.63, 3.8) is 0 Å². The summed E-state index contributed by atoms with van der Waals surface area (Å²) in [6.07, 6.45) is 4.35. The first kappa shape index (κ1) is 12.4. The van der Waals surface area contributed by atoms with Crippen molar-refractivity contribution >= 4 is 11.8 Å². The van der Waals surface area contributed by atoms with Gasteiger partial charge in [-0.25, -0.2) is 5.06 Å². The molecule has 3 unspecified atom stereocenters. The summed E-state index contributed by atoms with van der Waals surface area (Å²) in [6.45, 7) is 2.67. The summed E-state index contributed by atoms with van der Waals surface area (Å²) in [5, 5.41) is 13.2. The summed E-state index contributed by atoms with van der Waals surface area (Å²) in [5.74, 6) is -0.428. The largest absolute Gasteiger partial charge is 0.354 e. The van der Waals surface area contributed by atoms with Gasteiger partial charge in [-0.15, -0.1) is 0 Å². The number of nitrogens with zero attached hydrogens (tertiary/aromatic N) is 1. The van der Waals surface area contributed by atoms with E-state index in [4.69, 9.17) is 0 Å². The zero-order chi connectivity index (χ0) is 12.4. The Balaban J connectivity index is 1.98. The van der Waals surface area contributed by atoms with E-state index >= 15 is 0 Å². The molecule has 0 aromatic rings. The van der Waals surface area contributed by atoms with Crippen molar-refractivity contribution in [1.82, 2.24) is 10.4 Å². The molecule has 0 spiro atoms. The summed E-state index contributed by atoms with van der Waals surface area (Å²) in [6, 6.07) is -0.668. The first-order chi connectivity index (χ1) is 8.15. The minimum absolute atomic E-state index is 0.0651. The normalized spacial score (nSPS) is 31.8. The van der Waals surface area contributed by atoms with Crippen LogP contribution in [0.1, 0.15) is 39.0 Å². The lowest BCUT2D eigenvalue weighted by Gasteiger charge is -2.34. The molecule has 0 radical (unpaired) electrons. The zero-order valence-corrected chi connectivity index (χ0v) is 10.2. The highest BCUT2D eigenvalue weighted by Crippen LogP contribution is 2.40. The van der Waals surface area contributed by atoms with Gasteiger partial charge in [-0.2, -0.15) is 0 Å². The van der Waals surface area contributed by atoms with E-state index in [2.05, 4.69) is 12.2 Å². The first-order valence-electron chi connectivity index (χ1n) is 6.44. The molecule has 5 heteroatoms. The van der Waals surface area contributed by atoms with Gasteiger partial charge in [0.25, 0.3) is 0 Å². The number of hydrogen-bond donors (Lipinski definition) is 2. The molecule has 1 aliphatic carbocycles. The maximum Gasteiger partial charge on any atom is 0.249 e. The van der Waals surface area contributed by atoms with Gasteiger partial charge in [0.1, 0.15) is 6.04 Å². The van der Waals surface area contributed by atoms with Gasteiger partial charge in [0.2, 0.25) is 11.8 Å². The van der Waals surface area contributed by atoms with Crippen LogP contribution in [0.3, 0.4) is 0 Å². The Bertz CT molecular complexity index is 319. The molecule has 5 nitrogen and oxygen atoms in total. The molecule has 1 saturated heterocycles. The number of unbranched alkanes of at least 4 members (excludes halogenated alkanes) is 1. The second kappa shape index (κ2) is 5.04. The molecule has 0 aromatic heterocycles. The van der Waals surface area contributed by atoms with E-state index in [1.807, 2.05) is 0 Å². The summed E-state index contributed by atoms with van der Waals surface area (Å²) >= 11 is 0. The predicted molar refractivity (Wildman–Crippen MR) is 61.2 cm³/mol. The van der Waals surface area contributed by atoms with Crippen molar-refractivity contribution in [3.05, 3.63) is 0 Å². The topological polar surface area (TPSA) is 69.6 Å². The number of fused-ring (bicyclic) bond motifs is 2. The van der Waals surface area contributed by atoms with Crippen LogP contribution in [0.2, 0.25) is 0 Å². The predicted octanol–water partition coefficient (Wildman–Crippen LogP) is 0.919. The zero-order valence-electron chi connectivity index (χ0n) is 10.2. The molecule has 0 aromatic carbocycles. The molecule has 1 heterocycles. The van der Waals surface area contributed by atoms with Crippen molar-refractivity contribution in [2.75, 3.05) is 6.54 Å². The summed E-state index contributed by atoms with van der Waals surface area (Å²) in [5.41, 5.74) is 0. The van der Waals surface area contributed by atoms with Crippen LogP contribution in [0.15, 0.2) is 0 Å². The highest BCUT2D eigenvalue weighted by molar-refractivity contribution is 5.89.